The molecule has 0 aliphatic carbocycles. The zero-order valence-corrected chi connectivity index (χ0v) is 15.8. The van der Waals surface area contributed by atoms with Crippen LogP contribution < -0.4 is 5.32 Å². The average molecular weight is 335 g/mol. The second-order valence-electron chi connectivity index (χ2n) is 7.55. The standard InChI is InChI=1S/C20H33NO3/c1-15(2)24-14-6-13-21-19(23)12-11-18(22)16-7-9-17(10-8-16)20(3,4)5/h7-10,15,18,22H,6,11-14H2,1-5H3,(H,21,23). The zero-order valence-electron chi connectivity index (χ0n) is 15.8. The van der Waals surface area contributed by atoms with E-state index in [0.717, 1.165) is 12.0 Å². The van der Waals surface area contributed by atoms with Crippen molar-refractivity contribution in [1.82, 2.24) is 5.32 Å². The third-order valence-corrected chi connectivity index (χ3v) is 3.90. The molecule has 1 aromatic carbocycles. The smallest absolute Gasteiger partial charge is 0.220 e. The van der Waals surface area contributed by atoms with Crippen LogP contribution in [0, 0.1) is 0 Å². The molecule has 0 bridgehead atoms. The van der Waals surface area contributed by atoms with Crippen molar-refractivity contribution < 1.29 is 14.6 Å². The highest BCUT2D eigenvalue weighted by atomic mass is 16.5. The van der Waals surface area contributed by atoms with Gasteiger partial charge in [-0.15, -0.1) is 0 Å². The molecule has 0 saturated heterocycles. The van der Waals surface area contributed by atoms with Gasteiger partial charge < -0.3 is 15.2 Å². The van der Waals surface area contributed by atoms with Gasteiger partial charge in [0.25, 0.3) is 0 Å². The molecule has 1 atom stereocenters. The number of amides is 1. The molecule has 0 radical (unpaired) electrons. The number of aliphatic hydroxyl groups excluding tert-OH is 1. The third kappa shape index (κ3) is 7.93. The molecule has 4 heteroatoms. The highest BCUT2D eigenvalue weighted by Crippen LogP contribution is 2.25. The Labute approximate surface area is 146 Å². The maximum absolute atomic E-state index is 11.8. The van der Waals surface area contributed by atoms with Crippen LogP contribution in [0.2, 0.25) is 0 Å². The van der Waals surface area contributed by atoms with Crippen LogP contribution in [-0.2, 0) is 14.9 Å². The number of hydrogen-bond acceptors (Lipinski definition) is 3. The minimum atomic E-state index is -0.603. The number of carbonyl (C=O) groups is 1. The van der Waals surface area contributed by atoms with Gasteiger partial charge in [0.2, 0.25) is 5.91 Å². The molecule has 1 rings (SSSR count). The number of benzene rings is 1. The van der Waals surface area contributed by atoms with Gasteiger partial charge in [-0.3, -0.25) is 4.79 Å². The zero-order chi connectivity index (χ0) is 18.2. The second kappa shape index (κ2) is 9.80. The van der Waals surface area contributed by atoms with Gasteiger partial charge in [0, 0.05) is 19.6 Å². The van der Waals surface area contributed by atoms with Gasteiger partial charge in [0.15, 0.2) is 0 Å². The number of nitrogens with one attached hydrogen (secondary N) is 1. The number of hydrogen-bond donors (Lipinski definition) is 2. The van der Waals surface area contributed by atoms with Crippen LogP contribution in [0.15, 0.2) is 24.3 Å². The molecule has 0 saturated carbocycles. The Hall–Kier alpha value is -1.39. The molecule has 24 heavy (non-hydrogen) atoms. The van der Waals surface area contributed by atoms with E-state index in [9.17, 15) is 9.90 Å². The molecule has 1 amide bonds. The van der Waals surface area contributed by atoms with E-state index in [4.69, 9.17) is 4.74 Å². The maximum atomic E-state index is 11.8. The van der Waals surface area contributed by atoms with Crippen molar-refractivity contribution in [3.8, 4) is 0 Å². The average Bonchev–Trinajstić information content (AvgIpc) is 2.51. The monoisotopic (exact) mass is 335 g/mol. The van der Waals surface area contributed by atoms with Crippen molar-refractivity contribution in [3.05, 3.63) is 35.4 Å². The Kier molecular flexibility index (Phi) is 8.43. The number of aliphatic hydroxyl groups is 1. The summed E-state index contributed by atoms with van der Waals surface area (Å²) >= 11 is 0. The Morgan fingerprint density at radius 2 is 1.83 bits per heavy atom. The van der Waals surface area contributed by atoms with Crippen molar-refractivity contribution in [2.75, 3.05) is 13.2 Å². The van der Waals surface area contributed by atoms with E-state index in [0.29, 0.717) is 26.0 Å². The topological polar surface area (TPSA) is 58.6 Å². The lowest BCUT2D eigenvalue weighted by molar-refractivity contribution is -0.121. The van der Waals surface area contributed by atoms with Gasteiger partial charge in [-0.05, 0) is 43.2 Å². The van der Waals surface area contributed by atoms with Crippen LogP contribution >= 0.6 is 0 Å². The van der Waals surface area contributed by atoms with Crippen molar-refractivity contribution in [3.63, 3.8) is 0 Å². The van der Waals surface area contributed by atoms with E-state index in [-0.39, 0.29) is 17.4 Å². The predicted octanol–water partition coefficient (Wildman–Crippen LogP) is 3.73. The van der Waals surface area contributed by atoms with Gasteiger partial charge in [0.1, 0.15) is 0 Å². The molecule has 2 N–H and O–H groups in total. The lowest BCUT2D eigenvalue weighted by Gasteiger charge is -2.20. The van der Waals surface area contributed by atoms with Crippen molar-refractivity contribution in [2.45, 2.75) is 71.5 Å². The summed E-state index contributed by atoms with van der Waals surface area (Å²) in [6.45, 7) is 11.7. The van der Waals surface area contributed by atoms with E-state index in [1.165, 1.54) is 5.56 Å². The third-order valence-electron chi connectivity index (χ3n) is 3.90. The molecular formula is C20H33NO3. The molecule has 136 valence electrons. The largest absolute Gasteiger partial charge is 0.388 e. The van der Waals surface area contributed by atoms with E-state index in [2.05, 4.69) is 26.1 Å². The quantitative estimate of drug-likeness (QED) is 0.676. The molecule has 0 heterocycles. The molecule has 4 nitrogen and oxygen atoms in total. The summed E-state index contributed by atoms with van der Waals surface area (Å²) in [6.07, 6.45) is 1.19. The van der Waals surface area contributed by atoms with Gasteiger partial charge in [0.05, 0.1) is 12.2 Å². The van der Waals surface area contributed by atoms with Crippen molar-refractivity contribution in [2.24, 2.45) is 0 Å². The molecule has 0 aromatic heterocycles. The number of rotatable bonds is 9. The Morgan fingerprint density at radius 3 is 2.38 bits per heavy atom. The first-order valence-electron chi connectivity index (χ1n) is 8.87. The summed E-state index contributed by atoms with van der Waals surface area (Å²) in [7, 11) is 0. The second-order valence-corrected chi connectivity index (χ2v) is 7.55. The van der Waals surface area contributed by atoms with Crippen LogP contribution in [0.25, 0.3) is 0 Å². The van der Waals surface area contributed by atoms with Gasteiger partial charge in [-0.25, -0.2) is 0 Å². The fourth-order valence-corrected chi connectivity index (χ4v) is 2.35. The van der Waals surface area contributed by atoms with Crippen molar-refractivity contribution >= 4 is 5.91 Å². The van der Waals surface area contributed by atoms with Gasteiger partial charge in [-0.1, -0.05) is 45.0 Å². The maximum Gasteiger partial charge on any atom is 0.220 e. The van der Waals surface area contributed by atoms with Crippen LogP contribution in [0.3, 0.4) is 0 Å². The molecule has 1 aromatic rings. The van der Waals surface area contributed by atoms with Crippen molar-refractivity contribution in [1.29, 1.82) is 0 Å². The predicted molar refractivity (Wildman–Crippen MR) is 98.1 cm³/mol. The highest BCUT2D eigenvalue weighted by Gasteiger charge is 2.15. The first kappa shape index (κ1) is 20.7. The van der Waals surface area contributed by atoms with Gasteiger partial charge >= 0.3 is 0 Å². The Morgan fingerprint density at radius 1 is 1.21 bits per heavy atom. The molecular weight excluding hydrogens is 302 g/mol. The van der Waals surface area contributed by atoms with Crippen LogP contribution in [0.1, 0.15) is 71.1 Å². The molecule has 0 aliphatic rings. The molecule has 1 unspecified atom stereocenters. The molecule has 0 aliphatic heterocycles. The summed E-state index contributed by atoms with van der Waals surface area (Å²) in [5, 5.41) is 13.1. The first-order chi connectivity index (χ1) is 11.2. The SMILES string of the molecule is CC(C)OCCCNC(=O)CCC(O)c1ccc(C(C)(C)C)cc1. The highest BCUT2D eigenvalue weighted by molar-refractivity contribution is 5.75. The molecule has 0 spiro atoms. The molecule has 0 fully saturated rings. The number of ether oxygens (including phenoxy) is 1. The first-order valence-corrected chi connectivity index (χ1v) is 8.87. The van der Waals surface area contributed by atoms with E-state index >= 15 is 0 Å². The van der Waals surface area contributed by atoms with E-state index < -0.39 is 6.10 Å². The minimum Gasteiger partial charge on any atom is -0.388 e. The minimum absolute atomic E-state index is 0.0232. The lowest BCUT2D eigenvalue weighted by atomic mass is 9.86. The van der Waals surface area contributed by atoms with E-state index in [1.54, 1.807) is 0 Å². The van der Waals surface area contributed by atoms with Crippen LogP contribution in [-0.4, -0.2) is 30.3 Å². The summed E-state index contributed by atoms with van der Waals surface area (Å²) in [6, 6.07) is 8.00. The summed E-state index contributed by atoms with van der Waals surface area (Å²) in [5.41, 5.74) is 2.20. The fraction of sp³-hybridized carbons (Fsp3) is 0.650. The lowest BCUT2D eigenvalue weighted by Crippen LogP contribution is -2.25. The van der Waals surface area contributed by atoms with E-state index in [1.807, 2.05) is 38.1 Å². The fourth-order valence-electron chi connectivity index (χ4n) is 2.35. The van der Waals surface area contributed by atoms with Gasteiger partial charge in [-0.2, -0.15) is 0 Å². The summed E-state index contributed by atoms with van der Waals surface area (Å²) in [5.74, 6) is -0.0232. The summed E-state index contributed by atoms with van der Waals surface area (Å²) in [4.78, 5) is 11.8. The van der Waals surface area contributed by atoms with Crippen LogP contribution in [0.4, 0.5) is 0 Å². The Balaban J connectivity index is 2.30. The number of carbonyl (C=O) groups excluding carboxylic acids is 1. The Bertz CT molecular complexity index is 489. The van der Waals surface area contributed by atoms with Crippen LogP contribution in [0.5, 0.6) is 0 Å². The summed E-state index contributed by atoms with van der Waals surface area (Å²) < 4.78 is 5.42. The normalized spacial score (nSPS) is 13.1.